The van der Waals surface area contributed by atoms with Crippen LogP contribution in [0.1, 0.15) is 43.4 Å². The summed E-state index contributed by atoms with van der Waals surface area (Å²) in [7, 11) is 0. The fourth-order valence-corrected chi connectivity index (χ4v) is 3.86. The third-order valence-electron chi connectivity index (χ3n) is 5.41. The normalized spacial score (nSPS) is 16.4. The Hall–Kier alpha value is -2.08. The highest BCUT2D eigenvalue weighted by atomic mass is 16.4. The Kier molecular flexibility index (Phi) is 7.66. The fourth-order valence-electron chi connectivity index (χ4n) is 3.86. The number of nitrogens with zero attached hydrogens (tertiary/aromatic N) is 2. The summed E-state index contributed by atoms with van der Waals surface area (Å²) in [6, 6.07) is 6.70. The van der Waals surface area contributed by atoms with E-state index in [1.165, 1.54) is 16.7 Å². The Labute approximate surface area is 162 Å². The number of urea groups is 1. The molecule has 1 aromatic rings. The van der Waals surface area contributed by atoms with E-state index in [4.69, 9.17) is 5.11 Å². The Morgan fingerprint density at radius 1 is 1.30 bits per heavy atom. The predicted octanol–water partition coefficient (Wildman–Crippen LogP) is 2.81. The first kappa shape index (κ1) is 21.2. The lowest BCUT2D eigenvalue weighted by Crippen LogP contribution is -2.51. The van der Waals surface area contributed by atoms with Gasteiger partial charge in [-0.3, -0.25) is 9.69 Å². The van der Waals surface area contributed by atoms with Crippen molar-refractivity contribution in [3.05, 3.63) is 34.9 Å². The zero-order valence-electron chi connectivity index (χ0n) is 17.0. The minimum Gasteiger partial charge on any atom is -0.480 e. The molecule has 0 saturated carbocycles. The summed E-state index contributed by atoms with van der Waals surface area (Å²) >= 11 is 0. The molecule has 1 unspecified atom stereocenters. The molecule has 1 aromatic carbocycles. The number of carbonyl (C=O) groups is 2. The summed E-state index contributed by atoms with van der Waals surface area (Å²) in [5.41, 5.74) is 3.77. The van der Waals surface area contributed by atoms with Gasteiger partial charge in [-0.15, -0.1) is 0 Å². The molecule has 1 heterocycles. The van der Waals surface area contributed by atoms with Gasteiger partial charge < -0.3 is 15.3 Å². The number of likely N-dealkylation sites (N-methyl/N-ethyl adjacent to an activating group) is 1. The van der Waals surface area contributed by atoms with E-state index in [0.29, 0.717) is 13.1 Å². The molecule has 2 rings (SSSR count). The van der Waals surface area contributed by atoms with Gasteiger partial charge in [0.05, 0.1) is 6.54 Å². The molecule has 6 heteroatoms. The van der Waals surface area contributed by atoms with Crippen LogP contribution in [0.4, 0.5) is 4.79 Å². The number of carbonyl (C=O) groups excluding carboxylic acids is 1. The highest BCUT2D eigenvalue weighted by Crippen LogP contribution is 2.17. The quantitative estimate of drug-likeness (QED) is 0.769. The van der Waals surface area contributed by atoms with E-state index >= 15 is 0 Å². The van der Waals surface area contributed by atoms with E-state index < -0.39 is 5.97 Å². The molecule has 0 bridgehead atoms. The van der Waals surface area contributed by atoms with E-state index in [2.05, 4.69) is 37.4 Å². The van der Waals surface area contributed by atoms with E-state index in [9.17, 15) is 9.59 Å². The van der Waals surface area contributed by atoms with Gasteiger partial charge in [0.25, 0.3) is 0 Å². The van der Waals surface area contributed by atoms with E-state index in [0.717, 1.165) is 25.8 Å². The summed E-state index contributed by atoms with van der Waals surface area (Å²) in [6.07, 6.45) is 2.45. The van der Waals surface area contributed by atoms with Crippen LogP contribution in [0.2, 0.25) is 0 Å². The number of aliphatic carboxylic acids is 1. The number of benzene rings is 1. The van der Waals surface area contributed by atoms with E-state index in [1.54, 1.807) is 0 Å². The monoisotopic (exact) mass is 375 g/mol. The maximum atomic E-state index is 12.6. The molecule has 0 aliphatic carbocycles. The molecule has 6 nitrogen and oxygen atoms in total. The van der Waals surface area contributed by atoms with Crippen molar-refractivity contribution in [2.75, 3.05) is 26.2 Å². The second-order valence-corrected chi connectivity index (χ2v) is 7.66. The van der Waals surface area contributed by atoms with Gasteiger partial charge in [-0.2, -0.15) is 0 Å². The molecule has 150 valence electrons. The van der Waals surface area contributed by atoms with Crippen LogP contribution in [0.5, 0.6) is 0 Å². The predicted molar refractivity (Wildman–Crippen MR) is 107 cm³/mol. The average molecular weight is 376 g/mol. The lowest BCUT2D eigenvalue weighted by atomic mass is 10.00. The number of hydrogen-bond donors (Lipinski definition) is 2. The van der Waals surface area contributed by atoms with Crippen molar-refractivity contribution in [2.24, 2.45) is 0 Å². The van der Waals surface area contributed by atoms with Crippen LogP contribution >= 0.6 is 0 Å². The van der Waals surface area contributed by atoms with Gasteiger partial charge in [0.1, 0.15) is 0 Å². The summed E-state index contributed by atoms with van der Waals surface area (Å²) in [5, 5.41) is 12.1. The molecule has 2 N–H and O–H groups in total. The minimum absolute atomic E-state index is 0.0213. The first-order valence-corrected chi connectivity index (χ1v) is 9.87. The van der Waals surface area contributed by atoms with Gasteiger partial charge in [0.15, 0.2) is 0 Å². The van der Waals surface area contributed by atoms with Gasteiger partial charge in [-0.25, -0.2) is 4.79 Å². The molecule has 0 aromatic heterocycles. The molecule has 1 atom stereocenters. The molecule has 27 heavy (non-hydrogen) atoms. The Bertz CT molecular complexity index is 654. The third-order valence-corrected chi connectivity index (χ3v) is 5.41. The summed E-state index contributed by atoms with van der Waals surface area (Å²) in [4.78, 5) is 27.4. The number of hydrogen-bond acceptors (Lipinski definition) is 3. The van der Waals surface area contributed by atoms with Crippen LogP contribution in [0, 0.1) is 13.8 Å². The molecular weight excluding hydrogens is 342 g/mol. The number of carboxylic acids is 1. The number of piperidine rings is 1. The zero-order valence-corrected chi connectivity index (χ0v) is 17.0. The highest BCUT2D eigenvalue weighted by Gasteiger charge is 2.27. The van der Waals surface area contributed by atoms with Crippen molar-refractivity contribution in [1.82, 2.24) is 15.1 Å². The smallest absolute Gasteiger partial charge is 0.317 e. The van der Waals surface area contributed by atoms with Crippen molar-refractivity contribution in [3.63, 3.8) is 0 Å². The maximum Gasteiger partial charge on any atom is 0.317 e. The number of nitrogens with one attached hydrogen (secondary N) is 1. The number of likely N-dealkylation sites (tertiary alicyclic amines) is 1. The molecule has 0 spiro atoms. The van der Waals surface area contributed by atoms with Crippen LogP contribution in [-0.2, 0) is 11.2 Å². The number of rotatable bonds is 7. The Balaban J connectivity index is 1.82. The molecule has 0 radical (unpaired) electrons. The highest BCUT2D eigenvalue weighted by molar-refractivity contribution is 5.74. The molecule has 1 aliphatic rings. The average Bonchev–Trinajstić information content (AvgIpc) is 2.62. The first-order chi connectivity index (χ1) is 12.8. The van der Waals surface area contributed by atoms with Crippen molar-refractivity contribution in [3.8, 4) is 0 Å². The van der Waals surface area contributed by atoms with E-state index in [-0.39, 0.29) is 24.7 Å². The lowest BCUT2D eigenvalue weighted by Gasteiger charge is -2.37. The second-order valence-electron chi connectivity index (χ2n) is 7.66. The van der Waals surface area contributed by atoms with Crippen LogP contribution < -0.4 is 5.32 Å². The zero-order chi connectivity index (χ0) is 20.0. The van der Waals surface area contributed by atoms with Crippen LogP contribution in [0.3, 0.4) is 0 Å². The Morgan fingerprint density at radius 2 is 1.96 bits per heavy atom. The van der Waals surface area contributed by atoms with Crippen molar-refractivity contribution in [1.29, 1.82) is 0 Å². The topological polar surface area (TPSA) is 72.9 Å². The van der Waals surface area contributed by atoms with Crippen LogP contribution in [-0.4, -0.2) is 65.2 Å². The summed E-state index contributed by atoms with van der Waals surface area (Å²) < 4.78 is 0. The van der Waals surface area contributed by atoms with Crippen molar-refractivity contribution >= 4 is 12.0 Å². The van der Waals surface area contributed by atoms with E-state index in [1.807, 2.05) is 23.6 Å². The number of aryl methyl sites for hydroxylation is 2. The van der Waals surface area contributed by atoms with Gasteiger partial charge in [-0.05, 0) is 57.7 Å². The standard InChI is InChI=1S/C21H33N3O3/c1-5-23(14-20(25)26)19-8-10-24(11-9-19)21(27)22-17(4)13-18-7-6-15(2)12-16(18)3/h6-7,12,17,19H,5,8-11,13-14H2,1-4H3,(H,22,27)(H,25,26). The number of amides is 2. The first-order valence-electron chi connectivity index (χ1n) is 9.87. The van der Waals surface area contributed by atoms with Crippen LogP contribution in [0.15, 0.2) is 18.2 Å². The lowest BCUT2D eigenvalue weighted by molar-refractivity contribution is -0.139. The van der Waals surface area contributed by atoms with Crippen molar-refractivity contribution in [2.45, 2.75) is 59.0 Å². The summed E-state index contributed by atoms with van der Waals surface area (Å²) in [6.45, 7) is 10.3. The minimum atomic E-state index is -0.794. The Morgan fingerprint density at radius 3 is 2.52 bits per heavy atom. The molecule has 2 amide bonds. The van der Waals surface area contributed by atoms with Crippen LogP contribution in [0.25, 0.3) is 0 Å². The largest absolute Gasteiger partial charge is 0.480 e. The van der Waals surface area contributed by atoms with Gasteiger partial charge in [-0.1, -0.05) is 30.7 Å². The van der Waals surface area contributed by atoms with Gasteiger partial charge in [0, 0.05) is 25.2 Å². The number of carboxylic acid groups (broad SMARTS) is 1. The van der Waals surface area contributed by atoms with Gasteiger partial charge in [0.2, 0.25) is 0 Å². The SMILES string of the molecule is CCN(CC(=O)O)C1CCN(C(=O)NC(C)Cc2ccc(C)cc2C)CC1. The third kappa shape index (κ3) is 6.24. The fraction of sp³-hybridized carbons (Fsp3) is 0.619. The summed E-state index contributed by atoms with van der Waals surface area (Å²) in [5.74, 6) is -0.794. The van der Waals surface area contributed by atoms with Gasteiger partial charge >= 0.3 is 12.0 Å². The molecule has 1 saturated heterocycles. The molecule has 1 aliphatic heterocycles. The molecule has 1 fully saturated rings. The maximum absolute atomic E-state index is 12.6. The molecular formula is C21H33N3O3. The second kappa shape index (κ2) is 9.74. The van der Waals surface area contributed by atoms with Crippen molar-refractivity contribution < 1.29 is 14.7 Å².